The molecule has 3 heteroatoms. The van der Waals surface area contributed by atoms with E-state index < -0.39 is 0 Å². The third-order valence-electron chi connectivity index (χ3n) is 4.68. The average molecular weight is 299 g/mol. The Kier molecular flexibility index (Phi) is 3.80. The number of hydrogen-bond donors (Lipinski definition) is 0. The monoisotopic (exact) mass is 299 g/mol. The Balaban J connectivity index is 1.58. The quantitative estimate of drug-likeness (QED) is 0.848. The summed E-state index contributed by atoms with van der Waals surface area (Å²) in [7, 11) is 0. The van der Waals surface area contributed by atoms with E-state index in [1.54, 1.807) is 0 Å². The van der Waals surface area contributed by atoms with Crippen LogP contribution >= 0.6 is 11.3 Å². The molecule has 4 rings (SSSR count). The SMILES string of the molecule is c1ccc(C2COC(CN3CCCC3)c3sccc32)cc1. The Bertz CT molecular complexity index is 588. The van der Waals surface area contributed by atoms with Crippen LogP contribution in [0.3, 0.4) is 0 Å². The molecule has 2 aliphatic heterocycles. The van der Waals surface area contributed by atoms with Gasteiger partial charge in [0.05, 0.1) is 6.61 Å². The van der Waals surface area contributed by atoms with Crippen molar-refractivity contribution in [2.75, 3.05) is 26.2 Å². The molecule has 1 aromatic carbocycles. The summed E-state index contributed by atoms with van der Waals surface area (Å²) in [6.07, 6.45) is 2.96. The second kappa shape index (κ2) is 5.91. The summed E-state index contributed by atoms with van der Waals surface area (Å²) in [4.78, 5) is 4.00. The third kappa shape index (κ3) is 2.66. The molecule has 0 aliphatic carbocycles. The Hall–Kier alpha value is -1.16. The van der Waals surface area contributed by atoms with Crippen molar-refractivity contribution >= 4 is 11.3 Å². The molecule has 0 spiro atoms. The van der Waals surface area contributed by atoms with Gasteiger partial charge in [-0.15, -0.1) is 11.3 Å². The second-order valence-electron chi connectivity index (χ2n) is 6.03. The van der Waals surface area contributed by atoms with Crippen LogP contribution in [0.4, 0.5) is 0 Å². The normalized spacial score (nSPS) is 25.9. The minimum absolute atomic E-state index is 0.276. The molecule has 0 saturated carbocycles. The van der Waals surface area contributed by atoms with Crippen LogP contribution in [0.1, 0.15) is 40.9 Å². The smallest absolute Gasteiger partial charge is 0.105 e. The first-order valence-electron chi connectivity index (χ1n) is 7.88. The lowest BCUT2D eigenvalue weighted by atomic mass is 9.89. The molecule has 2 unspecified atom stereocenters. The maximum absolute atomic E-state index is 6.26. The molecule has 0 bridgehead atoms. The Labute approximate surface area is 130 Å². The van der Waals surface area contributed by atoms with Gasteiger partial charge in [0.15, 0.2) is 0 Å². The fourth-order valence-electron chi connectivity index (χ4n) is 3.55. The van der Waals surface area contributed by atoms with Gasteiger partial charge in [0.2, 0.25) is 0 Å². The first kappa shape index (κ1) is 13.5. The van der Waals surface area contributed by atoms with Crippen LogP contribution in [0.2, 0.25) is 0 Å². The van der Waals surface area contributed by atoms with Gasteiger partial charge < -0.3 is 9.64 Å². The van der Waals surface area contributed by atoms with E-state index in [9.17, 15) is 0 Å². The van der Waals surface area contributed by atoms with Crippen molar-refractivity contribution in [2.45, 2.75) is 24.9 Å². The van der Waals surface area contributed by atoms with Crippen molar-refractivity contribution in [3.63, 3.8) is 0 Å². The maximum Gasteiger partial charge on any atom is 0.105 e. The van der Waals surface area contributed by atoms with Gasteiger partial charge in [-0.3, -0.25) is 0 Å². The molecular formula is C18H21NOS. The van der Waals surface area contributed by atoms with Crippen LogP contribution < -0.4 is 0 Å². The van der Waals surface area contributed by atoms with E-state index in [0.29, 0.717) is 5.92 Å². The minimum Gasteiger partial charge on any atom is -0.370 e. The van der Waals surface area contributed by atoms with Crippen LogP contribution in [0.5, 0.6) is 0 Å². The van der Waals surface area contributed by atoms with E-state index >= 15 is 0 Å². The molecule has 0 radical (unpaired) electrons. The highest BCUT2D eigenvalue weighted by atomic mass is 32.1. The zero-order chi connectivity index (χ0) is 14.1. The van der Waals surface area contributed by atoms with Gasteiger partial charge in [-0.1, -0.05) is 30.3 Å². The number of benzene rings is 1. The fraction of sp³-hybridized carbons (Fsp3) is 0.444. The lowest BCUT2D eigenvalue weighted by Crippen LogP contribution is -2.30. The van der Waals surface area contributed by atoms with Crippen molar-refractivity contribution in [1.29, 1.82) is 0 Å². The molecular weight excluding hydrogens is 278 g/mol. The largest absolute Gasteiger partial charge is 0.370 e. The summed E-state index contributed by atoms with van der Waals surface area (Å²) < 4.78 is 6.26. The van der Waals surface area contributed by atoms with E-state index in [1.165, 1.54) is 41.9 Å². The molecule has 1 fully saturated rings. The molecule has 0 amide bonds. The first-order valence-corrected chi connectivity index (χ1v) is 8.76. The summed E-state index contributed by atoms with van der Waals surface area (Å²) in [6.45, 7) is 4.35. The van der Waals surface area contributed by atoms with Crippen LogP contribution in [0.15, 0.2) is 41.8 Å². The highest BCUT2D eigenvalue weighted by molar-refractivity contribution is 7.10. The molecule has 110 valence electrons. The first-order chi connectivity index (χ1) is 10.4. The number of rotatable bonds is 3. The van der Waals surface area contributed by atoms with Crippen molar-refractivity contribution in [3.05, 3.63) is 57.8 Å². The molecule has 3 heterocycles. The Morgan fingerprint density at radius 1 is 1.10 bits per heavy atom. The predicted octanol–water partition coefficient (Wildman–Crippen LogP) is 4.05. The molecule has 2 atom stereocenters. The summed E-state index contributed by atoms with van der Waals surface area (Å²) in [5.41, 5.74) is 2.86. The van der Waals surface area contributed by atoms with Crippen LogP contribution in [0, 0.1) is 0 Å². The zero-order valence-corrected chi connectivity index (χ0v) is 13.0. The van der Waals surface area contributed by atoms with Gasteiger partial charge in [0.1, 0.15) is 6.10 Å². The van der Waals surface area contributed by atoms with Crippen molar-refractivity contribution in [3.8, 4) is 0 Å². The summed E-state index contributed by atoms with van der Waals surface area (Å²) in [6, 6.07) is 13.1. The Morgan fingerprint density at radius 2 is 1.90 bits per heavy atom. The van der Waals surface area contributed by atoms with E-state index in [1.807, 2.05) is 11.3 Å². The predicted molar refractivity (Wildman–Crippen MR) is 87.0 cm³/mol. The molecule has 1 aromatic heterocycles. The zero-order valence-electron chi connectivity index (χ0n) is 12.2. The highest BCUT2D eigenvalue weighted by Gasteiger charge is 2.31. The second-order valence-corrected chi connectivity index (χ2v) is 6.98. The Morgan fingerprint density at radius 3 is 2.71 bits per heavy atom. The third-order valence-corrected chi connectivity index (χ3v) is 5.71. The number of fused-ring (bicyclic) bond motifs is 1. The molecule has 21 heavy (non-hydrogen) atoms. The summed E-state index contributed by atoms with van der Waals surface area (Å²) in [5, 5.41) is 2.23. The lowest BCUT2D eigenvalue weighted by Gasteiger charge is -2.32. The standard InChI is InChI=1S/C18H21NOS/c1-2-6-14(7-3-1)16-13-20-17(12-19-9-4-5-10-19)18-15(16)8-11-21-18/h1-3,6-8,11,16-17H,4-5,9-10,12-13H2. The van der Waals surface area contributed by atoms with Gasteiger partial charge >= 0.3 is 0 Å². The highest BCUT2D eigenvalue weighted by Crippen LogP contribution is 2.41. The number of nitrogens with zero attached hydrogens (tertiary/aromatic N) is 1. The van der Waals surface area contributed by atoms with Crippen molar-refractivity contribution in [1.82, 2.24) is 4.90 Å². The van der Waals surface area contributed by atoms with Gasteiger partial charge in [0, 0.05) is 17.3 Å². The van der Waals surface area contributed by atoms with Gasteiger partial charge in [-0.2, -0.15) is 0 Å². The van der Waals surface area contributed by atoms with Gasteiger partial charge in [-0.05, 0) is 48.5 Å². The van der Waals surface area contributed by atoms with E-state index in [2.05, 4.69) is 46.7 Å². The van der Waals surface area contributed by atoms with Crippen LogP contribution in [-0.4, -0.2) is 31.1 Å². The molecule has 2 nitrogen and oxygen atoms in total. The molecule has 1 saturated heterocycles. The number of thiophene rings is 1. The minimum atomic E-state index is 0.276. The van der Waals surface area contributed by atoms with Gasteiger partial charge in [0.25, 0.3) is 0 Å². The number of hydrogen-bond acceptors (Lipinski definition) is 3. The van der Waals surface area contributed by atoms with E-state index in [0.717, 1.165) is 13.2 Å². The lowest BCUT2D eigenvalue weighted by molar-refractivity contribution is 0.0162. The van der Waals surface area contributed by atoms with Crippen molar-refractivity contribution in [2.24, 2.45) is 0 Å². The van der Waals surface area contributed by atoms with Crippen molar-refractivity contribution < 1.29 is 4.74 Å². The summed E-state index contributed by atoms with van der Waals surface area (Å²) in [5.74, 6) is 0.405. The molecule has 2 aliphatic rings. The summed E-state index contributed by atoms with van der Waals surface area (Å²) >= 11 is 1.86. The average Bonchev–Trinajstić information content (AvgIpc) is 3.19. The number of ether oxygens (including phenoxy) is 1. The van der Waals surface area contributed by atoms with Crippen LogP contribution in [0.25, 0.3) is 0 Å². The van der Waals surface area contributed by atoms with Crippen LogP contribution in [-0.2, 0) is 4.74 Å². The molecule has 2 aromatic rings. The number of likely N-dealkylation sites (tertiary alicyclic amines) is 1. The van der Waals surface area contributed by atoms with Gasteiger partial charge in [-0.25, -0.2) is 0 Å². The van der Waals surface area contributed by atoms with E-state index in [4.69, 9.17) is 4.74 Å². The fourth-order valence-corrected chi connectivity index (χ4v) is 4.56. The maximum atomic E-state index is 6.26. The van der Waals surface area contributed by atoms with E-state index in [-0.39, 0.29) is 6.10 Å². The topological polar surface area (TPSA) is 12.5 Å². The molecule has 0 N–H and O–H groups in total.